The lowest BCUT2D eigenvalue weighted by atomic mass is 9.58. The average molecular weight is 489 g/mol. The summed E-state index contributed by atoms with van der Waals surface area (Å²) in [4.78, 5) is 31.2. The Morgan fingerprint density at radius 2 is 1.89 bits per heavy atom. The van der Waals surface area contributed by atoms with Crippen molar-refractivity contribution >= 4 is 16.7 Å². The van der Waals surface area contributed by atoms with Gasteiger partial charge in [0.2, 0.25) is 5.70 Å². The van der Waals surface area contributed by atoms with Crippen LogP contribution in [0.3, 0.4) is 0 Å². The predicted octanol–water partition coefficient (Wildman–Crippen LogP) is 6.65. The van der Waals surface area contributed by atoms with Gasteiger partial charge in [-0.2, -0.15) is 0 Å². The van der Waals surface area contributed by atoms with Crippen molar-refractivity contribution in [3.05, 3.63) is 101 Å². The molecule has 5 nitrogen and oxygen atoms in total. The standard InChI is InChI=1S/C31H25FN4O/c1-17-8-7-10-19-20(14-15-34-26(17)19)30-35-27(21-9-5-6-11-24(21)32)22-12-13-23-18(2)28(37)25(33-4)16-31(23,3)29(22)36-30/h5-11,14-16,18,23H,12-13H2,1-3H3/t18-,23-,31-/m1/s1. The minimum absolute atomic E-state index is 0.00866. The van der Waals surface area contributed by atoms with E-state index in [9.17, 15) is 4.79 Å². The molecule has 2 aliphatic rings. The van der Waals surface area contributed by atoms with Gasteiger partial charge in [-0.05, 0) is 49.4 Å². The summed E-state index contributed by atoms with van der Waals surface area (Å²) in [6, 6.07) is 14.6. The number of hydrogen-bond acceptors (Lipinski definition) is 4. The zero-order valence-corrected chi connectivity index (χ0v) is 20.9. The Bertz CT molecular complexity index is 1680. The van der Waals surface area contributed by atoms with Crippen molar-refractivity contribution in [1.29, 1.82) is 0 Å². The van der Waals surface area contributed by atoms with Gasteiger partial charge < -0.3 is 4.79 Å². The fourth-order valence-corrected chi connectivity index (χ4v) is 6.26. The van der Waals surface area contributed by atoms with Crippen molar-refractivity contribution in [3.63, 3.8) is 0 Å². The highest BCUT2D eigenvalue weighted by Crippen LogP contribution is 2.51. The minimum Gasteiger partial charge on any atom is -0.308 e. The van der Waals surface area contributed by atoms with E-state index >= 15 is 4.39 Å². The molecule has 0 amide bonds. The minimum atomic E-state index is -0.656. The van der Waals surface area contributed by atoms with E-state index in [-0.39, 0.29) is 29.1 Å². The third-order valence-electron chi connectivity index (χ3n) is 8.16. The average Bonchev–Trinajstić information content (AvgIpc) is 2.90. The van der Waals surface area contributed by atoms with Crippen molar-refractivity contribution in [1.82, 2.24) is 15.0 Å². The molecule has 6 rings (SSSR count). The van der Waals surface area contributed by atoms with Gasteiger partial charge in [-0.25, -0.2) is 19.2 Å². The SMILES string of the molecule is [C-]#[N+]C1=C[C@@]2(C)c3nc(-c4ccnc5c(C)cccc45)nc(-c4ccccc4F)c3CC[C@@H]2[C@@H](C)C1=O. The van der Waals surface area contributed by atoms with Gasteiger partial charge in [-0.3, -0.25) is 4.98 Å². The molecule has 0 unspecified atom stereocenters. The first-order valence-corrected chi connectivity index (χ1v) is 12.5. The first-order chi connectivity index (χ1) is 17.8. The quantitative estimate of drug-likeness (QED) is 0.297. The summed E-state index contributed by atoms with van der Waals surface area (Å²) < 4.78 is 15.2. The highest BCUT2D eigenvalue weighted by Gasteiger charge is 2.49. The molecule has 0 aliphatic heterocycles. The van der Waals surface area contributed by atoms with Crippen LogP contribution in [-0.2, 0) is 16.6 Å². The predicted molar refractivity (Wildman–Crippen MR) is 141 cm³/mol. The van der Waals surface area contributed by atoms with Crippen LogP contribution in [0.2, 0.25) is 0 Å². The van der Waals surface area contributed by atoms with Crippen molar-refractivity contribution < 1.29 is 9.18 Å². The lowest BCUT2D eigenvalue weighted by Crippen LogP contribution is -2.46. The van der Waals surface area contributed by atoms with E-state index in [0.29, 0.717) is 23.5 Å². The Balaban J connectivity index is 1.70. The van der Waals surface area contributed by atoms with Crippen LogP contribution in [0.5, 0.6) is 0 Å². The summed E-state index contributed by atoms with van der Waals surface area (Å²) in [6.45, 7) is 13.6. The molecule has 0 saturated heterocycles. The van der Waals surface area contributed by atoms with Crippen molar-refractivity contribution in [2.24, 2.45) is 11.8 Å². The normalized spacial score (nSPS) is 22.7. The molecule has 0 bridgehead atoms. The third kappa shape index (κ3) is 3.41. The molecule has 2 heterocycles. The lowest BCUT2D eigenvalue weighted by Gasteiger charge is -2.46. The number of halogens is 1. The topological polar surface area (TPSA) is 60.1 Å². The zero-order chi connectivity index (χ0) is 25.9. The molecule has 6 heteroatoms. The van der Waals surface area contributed by atoms with E-state index < -0.39 is 5.41 Å². The van der Waals surface area contributed by atoms with E-state index in [2.05, 4.69) is 16.8 Å². The van der Waals surface area contributed by atoms with Crippen LogP contribution in [0, 0.1) is 31.1 Å². The molecule has 182 valence electrons. The molecule has 3 atom stereocenters. The Morgan fingerprint density at radius 3 is 2.68 bits per heavy atom. The maximum Gasteiger partial charge on any atom is 0.226 e. The van der Waals surface area contributed by atoms with Gasteiger partial charge in [0.15, 0.2) is 11.6 Å². The number of carbonyl (C=O) groups excluding carboxylic acids is 1. The van der Waals surface area contributed by atoms with Crippen LogP contribution in [0.1, 0.15) is 37.1 Å². The fourth-order valence-electron chi connectivity index (χ4n) is 6.26. The second-order valence-electron chi connectivity index (χ2n) is 10.3. The highest BCUT2D eigenvalue weighted by molar-refractivity contribution is 6.00. The van der Waals surface area contributed by atoms with Crippen molar-refractivity contribution in [2.45, 2.75) is 39.0 Å². The van der Waals surface area contributed by atoms with Crippen LogP contribution in [0.15, 0.2) is 66.5 Å². The number of rotatable bonds is 2. The van der Waals surface area contributed by atoms with Gasteiger partial charge in [0.25, 0.3) is 0 Å². The number of pyridine rings is 1. The maximum absolute atomic E-state index is 15.2. The summed E-state index contributed by atoms with van der Waals surface area (Å²) in [5.74, 6) is -0.279. The molecule has 0 radical (unpaired) electrons. The van der Waals surface area contributed by atoms with Crippen LogP contribution >= 0.6 is 0 Å². The summed E-state index contributed by atoms with van der Waals surface area (Å²) in [6.07, 6.45) is 4.91. The summed E-state index contributed by atoms with van der Waals surface area (Å²) >= 11 is 0. The molecular weight excluding hydrogens is 463 g/mol. The maximum atomic E-state index is 15.2. The van der Waals surface area contributed by atoms with Gasteiger partial charge in [0, 0.05) is 39.6 Å². The van der Waals surface area contributed by atoms with E-state index in [1.54, 1.807) is 24.4 Å². The number of aromatic nitrogens is 3. The molecule has 37 heavy (non-hydrogen) atoms. The first kappa shape index (κ1) is 23.2. The number of nitrogens with zero attached hydrogens (tertiary/aromatic N) is 4. The monoisotopic (exact) mass is 488 g/mol. The van der Waals surface area contributed by atoms with Gasteiger partial charge in [-0.15, -0.1) is 0 Å². The van der Waals surface area contributed by atoms with Crippen molar-refractivity contribution in [2.75, 3.05) is 0 Å². The van der Waals surface area contributed by atoms with E-state index in [1.807, 2.05) is 44.2 Å². The molecule has 2 aromatic carbocycles. The van der Waals surface area contributed by atoms with Crippen LogP contribution in [0.25, 0.3) is 38.4 Å². The van der Waals surface area contributed by atoms with Crippen LogP contribution in [-0.4, -0.2) is 20.7 Å². The van der Waals surface area contributed by atoms with Gasteiger partial charge in [0.05, 0.1) is 23.5 Å². The van der Waals surface area contributed by atoms with Crippen LogP contribution in [0.4, 0.5) is 4.39 Å². The second kappa shape index (κ2) is 8.41. The molecule has 0 saturated carbocycles. The Labute approximate surface area is 214 Å². The number of allylic oxidation sites excluding steroid dienone is 2. The van der Waals surface area contributed by atoms with Crippen LogP contribution < -0.4 is 0 Å². The number of aryl methyl sites for hydroxylation is 1. The first-order valence-electron chi connectivity index (χ1n) is 12.5. The third-order valence-corrected chi connectivity index (χ3v) is 8.16. The second-order valence-corrected chi connectivity index (χ2v) is 10.3. The smallest absolute Gasteiger partial charge is 0.226 e. The molecule has 0 spiro atoms. The van der Waals surface area contributed by atoms with Gasteiger partial charge in [0.1, 0.15) is 5.82 Å². The lowest BCUT2D eigenvalue weighted by molar-refractivity contribution is -0.121. The molecule has 0 N–H and O–H groups in total. The Hall–Kier alpha value is -4.24. The molecule has 2 aromatic heterocycles. The number of ketones is 1. The van der Waals surface area contributed by atoms with Crippen molar-refractivity contribution in [3.8, 4) is 22.6 Å². The summed E-state index contributed by atoms with van der Waals surface area (Å²) in [5.41, 5.74) is 4.86. The van der Waals surface area contributed by atoms with E-state index in [0.717, 1.165) is 39.7 Å². The molecule has 0 fully saturated rings. The number of Topliss-reactive ketones (excluding diaryl/α,β-unsaturated/α-hetero) is 1. The number of carbonyl (C=O) groups is 1. The number of benzene rings is 2. The van der Waals surface area contributed by atoms with Gasteiger partial charge in [-0.1, -0.05) is 50.3 Å². The number of hydrogen-bond donors (Lipinski definition) is 0. The number of para-hydroxylation sites is 1. The molecular formula is C31H25FN4O. The van der Waals surface area contributed by atoms with E-state index in [4.69, 9.17) is 16.5 Å². The molecule has 2 aliphatic carbocycles. The Kier molecular flexibility index (Phi) is 5.27. The summed E-state index contributed by atoms with van der Waals surface area (Å²) in [7, 11) is 0. The van der Waals surface area contributed by atoms with E-state index in [1.165, 1.54) is 6.07 Å². The largest absolute Gasteiger partial charge is 0.308 e. The highest BCUT2D eigenvalue weighted by atomic mass is 19.1. The summed E-state index contributed by atoms with van der Waals surface area (Å²) in [5, 5.41) is 0.920. The molecule has 4 aromatic rings. The number of fused-ring (bicyclic) bond motifs is 4. The fraction of sp³-hybridized carbons (Fsp3) is 0.258. The zero-order valence-electron chi connectivity index (χ0n) is 20.9. The Morgan fingerprint density at radius 1 is 1.08 bits per heavy atom. The van der Waals surface area contributed by atoms with Gasteiger partial charge >= 0.3 is 0 Å².